The number of carboxylic acids is 4. The number of nitrogens with one attached hydrogen (secondary N) is 8. The Bertz CT molecular complexity index is 1160. The van der Waals surface area contributed by atoms with Crippen LogP contribution >= 0.6 is 18.6 Å². The second-order valence-electron chi connectivity index (χ2n) is 16.4. The minimum Gasteiger partial charge on any atom is 1.00 e. The minimum atomic E-state index is -2.19. The van der Waals surface area contributed by atoms with Crippen LogP contribution in [0.1, 0.15) is 178 Å². The fraction of sp³-hybridized carbons (Fsp3) is 0.848. The third kappa shape index (κ3) is 112. The summed E-state index contributed by atoms with van der Waals surface area (Å²) >= 11 is 4.03. The summed E-state index contributed by atoms with van der Waals surface area (Å²) in [5.41, 5.74) is 60.4. The number of aliphatic carboxylic acids is 4. The molecular weight excluding hydrogens is 2120 g/mol. The normalized spacial score (nSPS) is 22.0. The van der Waals surface area contributed by atoms with Crippen molar-refractivity contribution in [2.45, 2.75) is 227 Å². The summed E-state index contributed by atoms with van der Waals surface area (Å²) in [6, 6.07) is -0.765. The summed E-state index contributed by atoms with van der Waals surface area (Å²) in [6.07, 6.45) is 22.5. The maximum atomic E-state index is 9.10. The number of carbonyl (C=O) groups excluding carboxylic acids is 2. The number of nitrogens with zero attached hydrogens (tertiary/aromatic N) is 2. The van der Waals surface area contributed by atoms with Crippen LogP contribution in [-0.2, 0) is 144 Å². The van der Waals surface area contributed by atoms with Gasteiger partial charge in [-0.05, 0) is 23.7 Å². The number of hydrogen-bond donors (Lipinski definition) is 3. The Balaban J connectivity index is -0.0000000242. The maximum Gasteiger partial charge on any atom is 2.00 e. The Hall–Kier alpha value is 3.61. The molecule has 0 aliphatic heterocycles. The van der Waals surface area contributed by atoms with Gasteiger partial charge in [0, 0.05) is 22.4 Å². The quantitative estimate of drug-likeness (QED) is 0.101. The van der Waals surface area contributed by atoms with E-state index in [0.717, 1.165) is 75.0 Å². The Kier molecular flexibility index (Phi) is 203. The molecule has 85 heavy (non-hydrogen) atoms. The molecular formula is C46H104Ag2Cl2N10Na3O18Pt4-5. The monoisotopic (exact) mass is 2220 g/mol. The predicted molar refractivity (Wildman–Crippen MR) is 304 cm³/mol. The van der Waals surface area contributed by atoms with Gasteiger partial charge in [-0.15, -0.1) is 10.1 Å². The van der Waals surface area contributed by atoms with E-state index >= 15 is 0 Å². The van der Waals surface area contributed by atoms with Gasteiger partial charge in [0.1, 0.15) is 0 Å². The smallest absolute Gasteiger partial charge is 1.00 e. The predicted octanol–water partition coefficient (Wildman–Crippen LogP) is 1.10. The third-order valence-electron chi connectivity index (χ3n) is 11.0. The Labute approximate surface area is 667 Å². The van der Waals surface area contributed by atoms with Crippen LogP contribution in [0.25, 0.3) is 45.9 Å². The van der Waals surface area contributed by atoms with E-state index in [1.165, 1.54) is 77.0 Å². The molecule has 0 saturated heterocycles. The van der Waals surface area contributed by atoms with Gasteiger partial charge in [-0.1, -0.05) is 178 Å². The summed E-state index contributed by atoms with van der Waals surface area (Å²) in [4.78, 5) is 52.7. The molecule has 0 bridgehead atoms. The van der Waals surface area contributed by atoms with Crippen molar-refractivity contribution < 1.29 is 290 Å². The van der Waals surface area contributed by atoms with Crippen molar-refractivity contribution in [2.75, 3.05) is 0 Å². The summed E-state index contributed by atoms with van der Waals surface area (Å²) < 4.78 is 0. The molecule has 4 rings (SSSR count). The molecule has 4 fully saturated rings. The van der Waals surface area contributed by atoms with E-state index in [2.05, 4.69) is 66.3 Å². The molecule has 4 aliphatic carbocycles. The topological polar surface area (TPSA) is 601 Å². The fourth-order valence-electron chi connectivity index (χ4n) is 7.71. The van der Waals surface area contributed by atoms with Crippen LogP contribution in [0.2, 0.25) is 0 Å². The van der Waals surface area contributed by atoms with Crippen LogP contribution in [0.4, 0.5) is 0 Å². The summed E-state index contributed by atoms with van der Waals surface area (Å²) in [6.45, 7) is 8.80. The molecule has 0 spiro atoms. The molecule has 0 heterocycles. The van der Waals surface area contributed by atoms with E-state index in [4.69, 9.17) is 116 Å². The van der Waals surface area contributed by atoms with E-state index in [9.17, 15) is 0 Å². The molecule has 39 heteroatoms. The zero-order valence-electron chi connectivity index (χ0n) is 48.4. The number of carboxylic acid groups (broad SMARTS) is 4. The number of halogens is 2. The van der Waals surface area contributed by atoms with Crippen LogP contribution in [0.5, 0.6) is 0 Å². The first kappa shape index (κ1) is 158. The molecule has 28 nitrogen and oxygen atoms in total. The van der Waals surface area contributed by atoms with Crippen molar-refractivity contribution in [3.05, 3.63) is 93.6 Å². The van der Waals surface area contributed by atoms with Gasteiger partial charge in [-0.25, -0.2) is 9.59 Å². The Morgan fingerprint density at radius 1 is 0.459 bits per heavy atom. The molecule has 4 aliphatic rings. The van der Waals surface area contributed by atoms with Crippen molar-refractivity contribution in [3.63, 3.8) is 0 Å². The van der Waals surface area contributed by atoms with Gasteiger partial charge in [0.2, 0.25) is 0 Å². The zero-order chi connectivity index (χ0) is 54.5. The SMILES string of the molecule is C.C.C.CCCC1CCC([NH-])C([NH-])C1.CCCC1CCC([NH-])C([NH-])C1.CCCC1CCC([NH-])C([NH-])C1.CCCC1CCC([NH-])C([NH-])C1.O.O.O.O.O=C(O)C(=O)O.O=C([O-])C(=O)[O-].O=[N+]([O-])O.O=[N+]([O-])[O-].[Ag].[CH3-].[CH3-].[CH3-].[Cl][Ag].[Cl][Pt].[Na+].[Na+].[Na+].[Pt+2].[Pt+2].[Pt+2]. The van der Waals surface area contributed by atoms with Crippen molar-refractivity contribution in [1.29, 1.82) is 0 Å². The van der Waals surface area contributed by atoms with Gasteiger partial charge in [0.15, 0.2) is 0 Å². The largest absolute Gasteiger partial charge is 2.00 e. The summed E-state index contributed by atoms with van der Waals surface area (Å²) in [7, 11) is 9.06. The molecule has 0 aromatic rings. The third-order valence-corrected chi connectivity index (χ3v) is 11.0. The summed E-state index contributed by atoms with van der Waals surface area (Å²) in [5.74, 6) is -5.00. The molecule has 0 amide bonds. The molecule has 0 aromatic carbocycles. The van der Waals surface area contributed by atoms with E-state index < -0.39 is 34.1 Å². The van der Waals surface area contributed by atoms with Gasteiger partial charge in [0.25, 0.3) is 5.09 Å². The zero-order valence-corrected chi connectivity index (χ0v) is 68.0. The van der Waals surface area contributed by atoms with Gasteiger partial charge in [-0.2, -0.15) is 48.3 Å². The van der Waals surface area contributed by atoms with Crippen molar-refractivity contribution in [3.8, 4) is 0 Å². The van der Waals surface area contributed by atoms with Crippen LogP contribution in [0.3, 0.4) is 0 Å². The molecule has 0 aromatic heterocycles. The van der Waals surface area contributed by atoms with E-state index in [0.29, 0.717) is 0 Å². The second kappa shape index (κ2) is 109. The molecule has 1 radical (unpaired) electrons. The standard InChI is InChI=1S/4C9H18N2.2C2H2O4.3CH4.3CH3.2Ag.2ClH.HNO3.NO3.3Na.4H2O.4Pt/c4*1-2-3-7-4-5-8(10)9(11)6-7;2*3-1(4)2(5)6;;;;;;;;;;;2*2-1(3)4;;;;;;;;;;;/h4*7-11H,2-6H2,1H3;2*(H,3,4)(H,5,6);3*1H4;3*1H3;;;2*1H;(H,2,3,4);;;;;4*1H2;;;;/q4*-2;;;;;;3*-1;;+1;;;;-1;3*+1;;;;;+1;3*+2/p-4. The molecule has 530 valence electrons. The van der Waals surface area contributed by atoms with Crippen LogP contribution in [0, 0.1) is 71.4 Å². The average molecular weight is 2220 g/mol. The first-order valence-electron chi connectivity index (χ1n) is 22.2. The number of carbonyl (C=O) groups is 4. The first-order valence-corrected chi connectivity index (χ1v) is 26.9. The molecule has 12 unspecified atom stereocenters. The fourth-order valence-corrected chi connectivity index (χ4v) is 7.71. The molecule has 12 atom stereocenters. The van der Waals surface area contributed by atoms with Crippen LogP contribution in [0.15, 0.2) is 0 Å². The second-order valence-corrected chi connectivity index (χ2v) is 16.4. The van der Waals surface area contributed by atoms with Gasteiger partial charge >= 0.3 is 221 Å². The van der Waals surface area contributed by atoms with Crippen LogP contribution in [-0.4, -0.2) is 120 Å². The van der Waals surface area contributed by atoms with Crippen molar-refractivity contribution in [1.82, 2.24) is 0 Å². The van der Waals surface area contributed by atoms with E-state index in [1.807, 2.05) is 0 Å². The van der Waals surface area contributed by atoms with E-state index in [1.54, 1.807) is 18.8 Å². The average Bonchev–Trinajstić information content (AvgIpc) is 3.26. The van der Waals surface area contributed by atoms with Crippen molar-refractivity contribution >= 4 is 42.5 Å². The Morgan fingerprint density at radius 2 is 0.576 bits per heavy atom. The van der Waals surface area contributed by atoms with Gasteiger partial charge in [-0.3, -0.25) is 0 Å². The van der Waals surface area contributed by atoms with Crippen LogP contribution < -0.4 is 98.9 Å². The minimum absolute atomic E-state index is 0. The number of rotatable bonds is 8. The molecule has 19 N–H and O–H groups in total. The first-order chi connectivity index (χ1) is 31.7. The maximum absolute atomic E-state index is 9.10. The Morgan fingerprint density at radius 3 is 0.647 bits per heavy atom. The van der Waals surface area contributed by atoms with Gasteiger partial charge in [0.05, 0.1) is 17.0 Å². The number of hydrogen-bond acceptors (Lipinski definition) is 11. The molecule has 4 saturated carbocycles. The van der Waals surface area contributed by atoms with E-state index in [-0.39, 0.29) is 289 Å². The summed E-state index contributed by atoms with van der Waals surface area (Å²) in [5, 5.41) is 61.0. The van der Waals surface area contributed by atoms with Crippen molar-refractivity contribution in [2.24, 2.45) is 23.7 Å². The van der Waals surface area contributed by atoms with Gasteiger partial charge < -0.3 is 141 Å².